The number of nitrogens with zero attached hydrogens (tertiary/aromatic N) is 5. The highest BCUT2D eigenvalue weighted by atomic mass is 31.2. The number of hydrogen-bond acceptors (Lipinski definition) is 12. The summed E-state index contributed by atoms with van der Waals surface area (Å²) in [5.74, 6) is -1.73. The molecule has 0 aliphatic carbocycles. The minimum Gasteiger partial charge on any atom is -0.465 e. The molecule has 0 saturated carbocycles. The van der Waals surface area contributed by atoms with Crippen molar-refractivity contribution in [3.05, 3.63) is 63.5 Å². The van der Waals surface area contributed by atoms with Gasteiger partial charge in [0.05, 0.1) is 13.2 Å². The molecule has 0 bridgehead atoms. The summed E-state index contributed by atoms with van der Waals surface area (Å²) in [5.41, 5.74) is 12.4. The summed E-state index contributed by atoms with van der Waals surface area (Å²) < 4.78 is 49.6. The lowest BCUT2D eigenvalue weighted by atomic mass is 10.1. The number of ether oxygens (including phenoxy) is 4. The van der Waals surface area contributed by atoms with Gasteiger partial charge >= 0.3 is 19.4 Å². The number of azide groups is 1. The van der Waals surface area contributed by atoms with Crippen LogP contribution in [0, 0.1) is 0 Å². The van der Waals surface area contributed by atoms with Crippen LogP contribution >= 0.6 is 7.75 Å². The first-order chi connectivity index (χ1) is 18.9. The molecule has 3 N–H and O–H groups in total. The van der Waals surface area contributed by atoms with Crippen molar-refractivity contribution in [1.82, 2.24) is 14.6 Å². The molecule has 216 valence electrons. The minimum absolute atomic E-state index is 0.00912. The molecule has 17 heteroatoms. The maximum absolute atomic E-state index is 14.0. The van der Waals surface area contributed by atoms with Gasteiger partial charge in [-0.3, -0.25) is 13.9 Å². The van der Waals surface area contributed by atoms with Crippen molar-refractivity contribution in [1.29, 1.82) is 0 Å². The van der Waals surface area contributed by atoms with E-state index in [4.69, 9.17) is 33.7 Å². The van der Waals surface area contributed by atoms with Gasteiger partial charge in [-0.2, -0.15) is 10.1 Å². The summed E-state index contributed by atoms with van der Waals surface area (Å²) in [6, 6.07) is 8.36. The molecular formula is C23H30N7O9P. The molecule has 1 aromatic heterocycles. The fraction of sp³-hybridized carbons (Fsp3) is 0.522. The lowest BCUT2D eigenvalue weighted by Crippen LogP contribution is -2.46. The second-order valence-corrected chi connectivity index (χ2v) is 11.1. The fourth-order valence-corrected chi connectivity index (χ4v) is 5.78. The highest BCUT2D eigenvalue weighted by Crippen LogP contribution is 2.52. The highest BCUT2D eigenvalue weighted by Gasteiger charge is 2.64. The van der Waals surface area contributed by atoms with Crippen molar-refractivity contribution in [2.75, 3.05) is 18.9 Å². The first-order valence-electron chi connectivity index (χ1n) is 12.3. The third-order valence-electron chi connectivity index (χ3n) is 5.92. The second kappa shape index (κ2) is 11.6. The Hall–Kier alpha value is -3.49. The molecule has 3 heterocycles. The molecule has 16 nitrogen and oxygen atoms in total. The molecule has 2 fully saturated rings. The number of anilines is 1. The predicted molar refractivity (Wildman–Crippen MR) is 139 cm³/mol. The number of para-hydroxylation sites is 1. The number of carbonyl (C=O) groups is 1. The van der Waals surface area contributed by atoms with Crippen LogP contribution in [0.25, 0.3) is 10.4 Å². The van der Waals surface area contributed by atoms with Gasteiger partial charge in [0.2, 0.25) is 5.72 Å². The van der Waals surface area contributed by atoms with E-state index in [-0.39, 0.29) is 18.2 Å². The third kappa shape index (κ3) is 6.29. The summed E-state index contributed by atoms with van der Waals surface area (Å²) in [5, 5.41) is 6.35. The number of nitrogen functional groups attached to an aromatic ring is 1. The minimum atomic E-state index is -4.38. The Kier molecular flexibility index (Phi) is 8.52. The summed E-state index contributed by atoms with van der Waals surface area (Å²) in [6.45, 7) is 5.70. The third-order valence-corrected chi connectivity index (χ3v) is 7.54. The Morgan fingerprint density at radius 2 is 2.02 bits per heavy atom. The van der Waals surface area contributed by atoms with Gasteiger partial charge < -0.3 is 29.2 Å². The van der Waals surface area contributed by atoms with Crippen molar-refractivity contribution >= 4 is 19.5 Å². The quantitative estimate of drug-likeness (QED) is 0.129. The first-order valence-corrected chi connectivity index (χ1v) is 13.8. The molecule has 0 amide bonds. The van der Waals surface area contributed by atoms with E-state index in [0.29, 0.717) is 0 Å². The molecule has 0 radical (unpaired) electrons. The van der Waals surface area contributed by atoms with Crippen LogP contribution in [0.1, 0.15) is 33.9 Å². The average Bonchev–Trinajstić information content (AvgIpc) is 3.35. The van der Waals surface area contributed by atoms with Crippen molar-refractivity contribution in [3.8, 4) is 5.75 Å². The van der Waals surface area contributed by atoms with Crippen LogP contribution < -0.4 is 21.0 Å². The van der Waals surface area contributed by atoms with Gasteiger partial charge in [-0.1, -0.05) is 23.3 Å². The zero-order valence-electron chi connectivity index (χ0n) is 22.2. The van der Waals surface area contributed by atoms with Crippen LogP contribution in [0.4, 0.5) is 5.82 Å². The zero-order valence-corrected chi connectivity index (χ0v) is 23.1. The average molecular weight is 580 g/mol. The Bertz CT molecular complexity index is 1380. The molecule has 2 aliphatic heterocycles. The predicted octanol–water partition coefficient (Wildman–Crippen LogP) is 2.63. The molecule has 2 saturated heterocycles. The zero-order chi connectivity index (χ0) is 29.1. The first kappa shape index (κ1) is 29.5. The van der Waals surface area contributed by atoms with Gasteiger partial charge in [-0.15, -0.1) is 0 Å². The molecule has 6 atom stereocenters. The van der Waals surface area contributed by atoms with Gasteiger partial charge in [-0.05, 0) is 51.4 Å². The van der Waals surface area contributed by atoms with Crippen LogP contribution in [-0.4, -0.2) is 58.5 Å². The van der Waals surface area contributed by atoms with Crippen molar-refractivity contribution in [2.45, 2.75) is 63.7 Å². The summed E-state index contributed by atoms with van der Waals surface area (Å²) in [4.78, 5) is 31.5. The fourth-order valence-electron chi connectivity index (χ4n) is 4.27. The van der Waals surface area contributed by atoms with Crippen LogP contribution in [0.15, 0.2) is 52.5 Å². The van der Waals surface area contributed by atoms with Crippen LogP contribution in [0.5, 0.6) is 5.75 Å². The molecule has 4 rings (SSSR count). The van der Waals surface area contributed by atoms with E-state index in [1.807, 2.05) is 0 Å². The maximum Gasteiger partial charge on any atom is 0.459 e. The van der Waals surface area contributed by atoms with Crippen LogP contribution in [0.3, 0.4) is 0 Å². The number of esters is 1. The normalized spacial score (nSPS) is 27.1. The number of aromatic nitrogens is 2. The number of rotatable bonds is 11. The molecule has 2 aliphatic rings. The number of fused-ring (bicyclic) bond motifs is 1. The van der Waals surface area contributed by atoms with E-state index in [2.05, 4.69) is 20.1 Å². The molecule has 40 heavy (non-hydrogen) atoms. The molecule has 2 aromatic rings. The van der Waals surface area contributed by atoms with E-state index in [0.717, 1.165) is 4.57 Å². The maximum atomic E-state index is 14.0. The lowest BCUT2D eigenvalue weighted by molar-refractivity contribution is -0.224. The largest absolute Gasteiger partial charge is 0.465 e. The van der Waals surface area contributed by atoms with Gasteiger partial charge in [0.1, 0.15) is 29.8 Å². The van der Waals surface area contributed by atoms with E-state index in [9.17, 15) is 19.7 Å². The summed E-state index contributed by atoms with van der Waals surface area (Å²) in [7, 11) is -4.38. The second-order valence-electron chi connectivity index (χ2n) is 9.38. The summed E-state index contributed by atoms with van der Waals surface area (Å²) in [6.07, 6.45) is -1.95. The topological polar surface area (TPSA) is 211 Å². The van der Waals surface area contributed by atoms with Crippen LogP contribution in [0.2, 0.25) is 0 Å². The monoisotopic (exact) mass is 579 g/mol. The van der Waals surface area contributed by atoms with Gasteiger partial charge in [0.25, 0.3) is 0 Å². The number of nitrogens with two attached hydrogens (primary N) is 1. The molecule has 6 unspecified atom stereocenters. The lowest BCUT2D eigenvalue weighted by Gasteiger charge is -2.32. The Morgan fingerprint density at radius 3 is 2.67 bits per heavy atom. The van der Waals surface area contributed by atoms with Crippen molar-refractivity contribution in [3.63, 3.8) is 0 Å². The SMILES string of the molecule is CCOC(=O)C(C)NP(=O)(OCC1(N=[N+]=[N-])OC(n2ccc(N)nc2=O)C2OC(C)(C)OC21)Oc1ccccc1. The van der Waals surface area contributed by atoms with E-state index >= 15 is 0 Å². The number of carbonyl (C=O) groups excluding carboxylic acids is 1. The molecular weight excluding hydrogens is 549 g/mol. The van der Waals surface area contributed by atoms with Crippen LogP contribution in [-0.2, 0) is 32.8 Å². The van der Waals surface area contributed by atoms with E-state index in [1.54, 1.807) is 39.0 Å². The molecule has 1 aromatic carbocycles. The van der Waals surface area contributed by atoms with E-state index in [1.165, 1.54) is 31.3 Å². The number of hydrogen-bond donors (Lipinski definition) is 2. The summed E-state index contributed by atoms with van der Waals surface area (Å²) >= 11 is 0. The highest BCUT2D eigenvalue weighted by molar-refractivity contribution is 7.52. The Balaban J connectivity index is 1.68. The Labute approximate surface area is 228 Å². The standard InChI is InChI=1S/C23H30N7O9P/c1-5-34-20(31)14(2)27-40(33,39-15-9-7-6-8-10-15)35-13-23(28-29-25)18-17(36-22(3,4)37-18)19(38-23)30-12-11-16(24)26-21(30)32/h6-12,14,17-19H,5,13H2,1-4H3,(H,27,33)(H2,24,26,32). The Morgan fingerprint density at radius 1 is 1.30 bits per heavy atom. The van der Waals surface area contributed by atoms with Gasteiger partial charge in [0, 0.05) is 11.1 Å². The van der Waals surface area contributed by atoms with Crippen molar-refractivity contribution < 1.29 is 37.4 Å². The number of nitrogens with one attached hydrogen (secondary N) is 1. The van der Waals surface area contributed by atoms with E-state index < -0.39 is 62.0 Å². The van der Waals surface area contributed by atoms with Gasteiger partial charge in [0.15, 0.2) is 12.0 Å². The van der Waals surface area contributed by atoms with Gasteiger partial charge in [-0.25, -0.2) is 9.36 Å². The molecule has 0 spiro atoms. The van der Waals surface area contributed by atoms with Crippen molar-refractivity contribution in [2.24, 2.45) is 5.11 Å². The number of benzene rings is 1. The smallest absolute Gasteiger partial charge is 0.459 e.